The molecular formula is C10H6N2OS. The van der Waals surface area contributed by atoms with Crippen molar-refractivity contribution in [3.8, 4) is 0 Å². The van der Waals surface area contributed by atoms with E-state index in [0.717, 1.165) is 20.3 Å². The molecule has 14 heavy (non-hydrogen) atoms. The van der Waals surface area contributed by atoms with Gasteiger partial charge in [0.2, 0.25) is 0 Å². The highest BCUT2D eigenvalue weighted by molar-refractivity contribution is 7.25. The Morgan fingerprint density at radius 1 is 1.21 bits per heavy atom. The molecule has 0 radical (unpaired) electrons. The average molecular weight is 202 g/mol. The Morgan fingerprint density at radius 2 is 2.07 bits per heavy atom. The van der Waals surface area contributed by atoms with Crippen LogP contribution in [0.5, 0.6) is 0 Å². The molecule has 1 N–H and O–H groups in total. The van der Waals surface area contributed by atoms with Crippen molar-refractivity contribution in [1.29, 1.82) is 0 Å². The van der Waals surface area contributed by atoms with Gasteiger partial charge >= 0.3 is 0 Å². The fraction of sp³-hybridized carbons (Fsp3) is 0. The molecule has 68 valence electrons. The van der Waals surface area contributed by atoms with Crippen LogP contribution in [0, 0.1) is 0 Å². The van der Waals surface area contributed by atoms with E-state index in [-0.39, 0.29) is 5.56 Å². The molecule has 2 heterocycles. The number of thiophene rings is 1. The summed E-state index contributed by atoms with van der Waals surface area (Å²) in [6, 6.07) is 9.60. The molecule has 0 aliphatic heterocycles. The maximum absolute atomic E-state index is 11.0. The van der Waals surface area contributed by atoms with Gasteiger partial charge in [0.15, 0.2) is 0 Å². The third-order valence-corrected chi connectivity index (χ3v) is 3.24. The molecule has 0 aliphatic rings. The maximum atomic E-state index is 11.0. The Kier molecular flexibility index (Phi) is 1.46. The first kappa shape index (κ1) is 7.70. The van der Waals surface area contributed by atoms with Crippen LogP contribution in [-0.2, 0) is 0 Å². The molecular weight excluding hydrogens is 196 g/mol. The van der Waals surface area contributed by atoms with Gasteiger partial charge in [0.05, 0.1) is 4.70 Å². The lowest BCUT2D eigenvalue weighted by molar-refractivity contribution is 1.04. The number of aromatic nitrogens is 2. The van der Waals surface area contributed by atoms with Gasteiger partial charge in [-0.1, -0.05) is 18.2 Å². The zero-order valence-corrected chi connectivity index (χ0v) is 7.97. The van der Waals surface area contributed by atoms with Crippen molar-refractivity contribution < 1.29 is 0 Å². The lowest BCUT2D eigenvalue weighted by atomic mass is 10.2. The van der Waals surface area contributed by atoms with Crippen LogP contribution in [0.3, 0.4) is 0 Å². The summed E-state index contributed by atoms with van der Waals surface area (Å²) in [6.07, 6.45) is 0. The van der Waals surface area contributed by atoms with Gasteiger partial charge < -0.3 is 0 Å². The summed E-state index contributed by atoms with van der Waals surface area (Å²) < 4.78 is 2.10. The van der Waals surface area contributed by atoms with E-state index in [1.807, 2.05) is 24.3 Å². The number of nitrogens with zero attached hydrogens (tertiary/aromatic N) is 1. The predicted octanol–water partition coefficient (Wildman–Crippen LogP) is 2.14. The summed E-state index contributed by atoms with van der Waals surface area (Å²) in [6.45, 7) is 0. The van der Waals surface area contributed by atoms with Gasteiger partial charge in [0.1, 0.15) is 5.52 Å². The topological polar surface area (TPSA) is 45.8 Å². The largest absolute Gasteiger partial charge is 0.268 e. The number of benzene rings is 1. The summed E-state index contributed by atoms with van der Waals surface area (Å²) in [7, 11) is 0. The van der Waals surface area contributed by atoms with Crippen LogP contribution in [0.1, 0.15) is 0 Å². The molecule has 0 saturated carbocycles. The average Bonchev–Trinajstić information content (AvgIpc) is 2.54. The monoisotopic (exact) mass is 202 g/mol. The van der Waals surface area contributed by atoms with E-state index in [4.69, 9.17) is 0 Å². The Balaban J connectivity index is 2.63. The van der Waals surface area contributed by atoms with Gasteiger partial charge in [-0.05, 0) is 6.07 Å². The highest BCUT2D eigenvalue weighted by Gasteiger charge is 2.04. The SMILES string of the molecule is O=c1cc2sc3ccccc3c2n[nH]1. The fourth-order valence-electron chi connectivity index (χ4n) is 1.53. The number of hydrogen-bond donors (Lipinski definition) is 1. The molecule has 1 aromatic carbocycles. The number of nitrogens with one attached hydrogen (secondary N) is 1. The molecule has 0 spiro atoms. The first-order valence-corrected chi connectivity index (χ1v) is 5.03. The van der Waals surface area contributed by atoms with Crippen molar-refractivity contribution >= 4 is 31.6 Å². The van der Waals surface area contributed by atoms with Crippen molar-refractivity contribution in [3.05, 3.63) is 40.7 Å². The van der Waals surface area contributed by atoms with E-state index in [0.29, 0.717) is 0 Å². The smallest absolute Gasteiger partial charge is 0.265 e. The molecule has 2 aromatic heterocycles. The van der Waals surface area contributed by atoms with E-state index < -0.39 is 0 Å². The van der Waals surface area contributed by atoms with E-state index in [1.165, 1.54) is 0 Å². The van der Waals surface area contributed by atoms with Gasteiger partial charge in [-0.25, -0.2) is 5.10 Å². The molecule has 0 bridgehead atoms. The number of H-pyrrole nitrogens is 1. The van der Waals surface area contributed by atoms with Gasteiger partial charge in [-0.2, -0.15) is 5.10 Å². The molecule has 0 amide bonds. The second-order valence-electron chi connectivity index (χ2n) is 3.04. The van der Waals surface area contributed by atoms with Gasteiger partial charge in [0, 0.05) is 16.2 Å². The van der Waals surface area contributed by atoms with Gasteiger partial charge in [0.25, 0.3) is 5.56 Å². The Morgan fingerprint density at radius 3 is 3.00 bits per heavy atom. The number of fused-ring (bicyclic) bond motifs is 3. The minimum absolute atomic E-state index is 0.149. The summed E-state index contributed by atoms with van der Waals surface area (Å²) >= 11 is 1.59. The normalized spacial score (nSPS) is 11.1. The molecule has 3 nitrogen and oxygen atoms in total. The van der Waals surface area contributed by atoms with Crippen molar-refractivity contribution in [3.63, 3.8) is 0 Å². The molecule has 0 aliphatic carbocycles. The lowest BCUT2D eigenvalue weighted by Crippen LogP contribution is -2.03. The minimum Gasteiger partial charge on any atom is -0.268 e. The zero-order valence-electron chi connectivity index (χ0n) is 7.15. The van der Waals surface area contributed by atoms with Crippen LogP contribution >= 0.6 is 11.3 Å². The van der Waals surface area contributed by atoms with Crippen molar-refractivity contribution in [1.82, 2.24) is 10.2 Å². The fourth-order valence-corrected chi connectivity index (χ4v) is 2.60. The molecule has 0 unspecified atom stereocenters. The molecule has 0 fully saturated rings. The van der Waals surface area contributed by atoms with Crippen LogP contribution < -0.4 is 5.56 Å². The Bertz CT molecular complexity index is 668. The third kappa shape index (κ3) is 0.975. The molecule has 4 heteroatoms. The predicted molar refractivity (Wildman–Crippen MR) is 57.7 cm³/mol. The van der Waals surface area contributed by atoms with Crippen LogP contribution in [0.15, 0.2) is 35.1 Å². The summed E-state index contributed by atoms with van der Waals surface area (Å²) in [5, 5.41) is 7.60. The van der Waals surface area contributed by atoms with Crippen LogP contribution in [-0.4, -0.2) is 10.2 Å². The quantitative estimate of drug-likeness (QED) is 0.607. The molecule has 3 rings (SSSR count). The highest BCUT2D eigenvalue weighted by atomic mass is 32.1. The van der Waals surface area contributed by atoms with E-state index in [2.05, 4.69) is 10.2 Å². The zero-order chi connectivity index (χ0) is 9.54. The molecule has 3 aromatic rings. The van der Waals surface area contributed by atoms with Gasteiger partial charge in [-0.15, -0.1) is 11.3 Å². The summed E-state index contributed by atoms with van der Waals surface area (Å²) in [5.74, 6) is 0. The first-order chi connectivity index (χ1) is 6.84. The van der Waals surface area contributed by atoms with E-state index >= 15 is 0 Å². The number of aromatic amines is 1. The second kappa shape index (κ2) is 2.65. The van der Waals surface area contributed by atoms with Crippen molar-refractivity contribution in [2.75, 3.05) is 0 Å². The van der Waals surface area contributed by atoms with Crippen molar-refractivity contribution in [2.24, 2.45) is 0 Å². The van der Waals surface area contributed by atoms with E-state index in [1.54, 1.807) is 17.4 Å². The Labute approximate surface area is 83.0 Å². The first-order valence-electron chi connectivity index (χ1n) is 4.21. The summed E-state index contributed by atoms with van der Waals surface area (Å²) in [5.41, 5.74) is 0.731. The standard InChI is InChI=1S/C10H6N2OS/c13-9-5-8-10(12-11-9)6-3-1-2-4-7(6)14-8/h1-5H,(H,11,13). The Hall–Kier alpha value is -1.68. The minimum atomic E-state index is -0.149. The molecule has 0 saturated heterocycles. The number of rotatable bonds is 0. The van der Waals surface area contributed by atoms with Crippen molar-refractivity contribution in [2.45, 2.75) is 0 Å². The number of hydrogen-bond acceptors (Lipinski definition) is 3. The summed E-state index contributed by atoms with van der Waals surface area (Å²) in [4.78, 5) is 11.0. The third-order valence-electron chi connectivity index (χ3n) is 2.14. The maximum Gasteiger partial charge on any atom is 0.265 e. The lowest BCUT2D eigenvalue weighted by Gasteiger charge is -1.87. The molecule has 0 atom stereocenters. The second-order valence-corrected chi connectivity index (χ2v) is 4.13. The van der Waals surface area contributed by atoms with Crippen LogP contribution in [0.2, 0.25) is 0 Å². The van der Waals surface area contributed by atoms with Crippen LogP contribution in [0.4, 0.5) is 0 Å². The van der Waals surface area contributed by atoms with Gasteiger partial charge in [-0.3, -0.25) is 4.79 Å². The highest BCUT2D eigenvalue weighted by Crippen LogP contribution is 2.30. The van der Waals surface area contributed by atoms with Crippen LogP contribution in [0.25, 0.3) is 20.3 Å². The van der Waals surface area contributed by atoms with E-state index in [9.17, 15) is 4.79 Å².